The van der Waals surface area contributed by atoms with E-state index in [-0.39, 0.29) is 17.3 Å². The minimum Gasteiger partial charge on any atom is -0.494 e. The highest BCUT2D eigenvalue weighted by molar-refractivity contribution is 6.12. The van der Waals surface area contributed by atoms with Crippen LogP contribution in [0, 0.1) is 0 Å². The summed E-state index contributed by atoms with van der Waals surface area (Å²) in [4.78, 5) is 29.3. The Bertz CT molecular complexity index is 1280. The minimum absolute atomic E-state index is 0.157. The number of unbranched alkanes of at least 4 members (excludes halogenated alkanes) is 1. The molecule has 184 valence electrons. The lowest BCUT2D eigenvalue weighted by Gasteiger charge is -2.11. The molecular weight excluding hydrogens is 458 g/mol. The van der Waals surface area contributed by atoms with E-state index >= 15 is 0 Å². The lowest BCUT2D eigenvalue weighted by Crippen LogP contribution is -2.09. The van der Waals surface area contributed by atoms with E-state index in [0.29, 0.717) is 35.7 Å². The zero-order valence-corrected chi connectivity index (χ0v) is 20.2. The fourth-order valence-corrected chi connectivity index (χ4v) is 3.42. The summed E-state index contributed by atoms with van der Waals surface area (Å²) in [5, 5.41) is 0. The van der Waals surface area contributed by atoms with E-state index in [0.717, 1.165) is 18.6 Å². The molecule has 0 atom stereocenters. The molecule has 0 fully saturated rings. The zero-order chi connectivity index (χ0) is 25.3. The van der Waals surface area contributed by atoms with Crippen LogP contribution in [-0.2, 0) is 9.53 Å². The van der Waals surface area contributed by atoms with E-state index in [9.17, 15) is 9.59 Å². The number of nitrogens with zero attached hydrogens (tertiary/aromatic N) is 1. The fourth-order valence-electron chi connectivity index (χ4n) is 3.42. The summed E-state index contributed by atoms with van der Waals surface area (Å²) in [5.41, 5.74) is 1.91. The highest BCUT2D eigenvalue weighted by atomic mass is 16.6. The van der Waals surface area contributed by atoms with Gasteiger partial charge in [-0.3, -0.25) is 0 Å². The second-order valence-corrected chi connectivity index (χ2v) is 7.96. The maximum Gasteiger partial charge on any atom is 0.363 e. The van der Waals surface area contributed by atoms with Gasteiger partial charge in [0, 0.05) is 5.56 Å². The van der Waals surface area contributed by atoms with Crippen LogP contribution >= 0.6 is 0 Å². The van der Waals surface area contributed by atoms with Gasteiger partial charge in [-0.25, -0.2) is 14.6 Å². The quantitative estimate of drug-likeness (QED) is 0.156. The number of cyclic esters (lactones) is 1. The first-order valence-corrected chi connectivity index (χ1v) is 11.9. The van der Waals surface area contributed by atoms with Crippen LogP contribution in [0.1, 0.15) is 48.2 Å². The number of hydrogen-bond acceptors (Lipinski definition) is 7. The summed E-state index contributed by atoms with van der Waals surface area (Å²) in [7, 11) is 0. The van der Waals surface area contributed by atoms with Gasteiger partial charge in [0.1, 0.15) is 5.75 Å². The number of carbonyl (C=O) groups is 2. The third kappa shape index (κ3) is 6.18. The molecule has 3 aromatic rings. The molecule has 0 bridgehead atoms. The van der Waals surface area contributed by atoms with Crippen molar-refractivity contribution in [1.82, 2.24) is 0 Å². The number of esters is 2. The summed E-state index contributed by atoms with van der Waals surface area (Å²) in [5.74, 6) is 0.607. The number of benzene rings is 3. The van der Waals surface area contributed by atoms with Crippen LogP contribution < -0.4 is 14.2 Å². The Labute approximate surface area is 210 Å². The maximum atomic E-state index is 12.5. The topological polar surface area (TPSA) is 83.4 Å². The summed E-state index contributed by atoms with van der Waals surface area (Å²) in [6, 6.07) is 21.0. The van der Waals surface area contributed by atoms with Crippen molar-refractivity contribution in [1.29, 1.82) is 0 Å². The number of ether oxygens (including phenoxy) is 4. The molecule has 0 aromatic heterocycles. The van der Waals surface area contributed by atoms with Crippen molar-refractivity contribution in [3.63, 3.8) is 0 Å². The molecule has 0 radical (unpaired) electrons. The SMILES string of the molecule is CCCCOc1ccc(C2=N/C(=C\c3ccc(OC(=O)c4ccccc4)c(OCC)c3)C(=O)O2)cc1. The van der Waals surface area contributed by atoms with Crippen molar-refractivity contribution in [2.75, 3.05) is 13.2 Å². The van der Waals surface area contributed by atoms with Gasteiger partial charge in [-0.1, -0.05) is 37.6 Å². The van der Waals surface area contributed by atoms with Crippen molar-refractivity contribution in [3.8, 4) is 17.2 Å². The van der Waals surface area contributed by atoms with Gasteiger partial charge in [0.25, 0.3) is 0 Å². The third-order valence-electron chi connectivity index (χ3n) is 5.27. The van der Waals surface area contributed by atoms with Crippen LogP contribution in [0.3, 0.4) is 0 Å². The molecule has 1 aliphatic rings. The van der Waals surface area contributed by atoms with Gasteiger partial charge >= 0.3 is 11.9 Å². The molecule has 0 aliphatic carbocycles. The maximum absolute atomic E-state index is 12.5. The lowest BCUT2D eigenvalue weighted by molar-refractivity contribution is -0.129. The van der Waals surface area contributed by atoms with Crippen LogP contribution in [0.5, 0.6) is 17.2 Å². The summed E-state index contributed by atoms with van der Waals surface area (Å²) < 4.78 is 22.3. The zero-order valence-electron chi connectivity index (χ0n) is 20.2. The van der Waals surface area contributed by atoms with Gasteiger partial charge < -0.3 is 18.9 Å². The standard InChI is InChI=1S/C29H27NO6/c1-3-5-17-34-23-14-12-21(13-15-23)27-30-24(29(32)36-27)18-20-11-16-25(26(19-20)33-4-2)35-28(31)22-9-7-6-8-10-22/h6-16,18-19H,3-5,17H2,1-2H3/b24-18-. The molecule has 36 heavy (non-hydrogen) atoms. The van der Waals surface area contributed by atoms with E-state index in [1.807, 2.05) is 25.1 Å². The Morgan fingerprint density at radius 1 is 0.944 bits per heavy atom. The van der Waals surface area contributed by atoms with E-state index in [2.05, 4.69) is 11.9 Å². The Morgan fingerprint density at radius 2 is 1.72 bits per heavy atom. The van der Waals surface area contributed by atoms with Crippen LogP contribution in [0.15, 0.2) is 83.5 Å². The Hall–Kier alpha value is -4.39. The normalized spacial score (nSPS) is 13.8. The second kappa shape index (κ2) is 11.8. The van der Waals surface area contributed by atoms with Crippen molar-refractivity contribution < 1.29 is 28.5 Å². The van der Waals surface area contributed by atoms with Crippen LogP contribution in [0.2, 0.25) is 0 Å². The predicted octanol–water partition coefficient (Wildman–Crippen LogP) is 5.83. The van der Waals surface area contributed by atoms with Crippen molar-refractivity contribution in [2.45, 2.75) is 26.7 Å². The average molecular weight is 486 g/mol. The molecule has 0 saturated carbocycles. The fraction of sp³-hybridized carbons (Fsp3) is 0.207. The molecule has 0 amide bonds. The van der Waals surface area contributed by atoms with Gasteiger partial charge in [0.05, 0.1) is 18.8 Å². The van der Waals surface area contributed by atoms with Gasteiger partial charge in [0.2, 0.25) is 5.90 Å². The van der Waals surface area contributed by atoms with Gasteiger partial charge in [-0.15, -0.1) is 0 Å². The monoisotopic (exact) mass is 485 g/mol. The molecule has 4 rings (SSSR count). The molecule has 0 saturated heterocycles. The van der Waals surface area contributed by atoms with E-state index in [4.69, 9.17) is 18.9 Å². The summed E-state index contributed by atoms with van der Waals surface area (Å²) >= 11 is 0. The highest BCUT2D eigenvalue weighted by Crippen LogP contribution is 2.31. The number of rotatable bonds is 10. The molecule has 1 aliphatic heterocycles. The predicted molar refractivity (Wildman–Crippen MR) is 136 cm³/mol. The smallest absolute Gasteiger partial charge is 0.363 e. The number of carbonyl (C=O) groups excluding carboxylic acids is 2. The molecule has 1 heterocycles. The summed E-state index contributed by atoms with van der Waals surface area (Å²) in [6.07, 6.45) is 3.65. The number of hydrogen-bond donors (Lipinski definition) is 0. The van der Waals surface area contributed by atoms with Crippen molar-refractivity contribution in [3.05, 3.63) is 95.2 Å². The third-order valence-corrected chi connectivity index (χ3v) is 5.27. The Kier molecular flexibility index (Phi) is 8.13. The van der Waals surface area contributed by atoms with Crippen molar-refractivity contribution >= 4 is 23.9 Å². The molecular formula is C29H27NO6. The minimum atomic E-state index is -0.550. The first kappa shape index (κ1) is 24.7. The van der Waals surface area contributed by atoms with Gasteiger partial charge in [-0.05, 0) is 73.5 Å². The van der Waals surface area contributed by atoms with E-state index in [1.165, 1.54) is 0 Å². The first-order chi connectivity index (χ1) is 17.6. The van der Waals surface area contributed by atoms with Gasteiger partial charge in [-0.2, -0.15) is 0 Å². The van der Waals surface area contributed by atoms with Crippen LogP contribution in [-0.4, -0.2) is 31.1 Å². The summed E-state index contributed by atoms with van der Waals surface area (Å²) in [6.45, 7) is 4.97. The molecule has 0 spiro atoms. The van der Waals surface area contributed by atoms with E-state index in [1.54, 1.807) is 60.7 Å². The number of aliphatic imine (C=N–C) groups is 1. The first-order valence-electron chi connectivity index (χ1n) is 11.9. The molecule has 0 unspecified atom stereocenters. The lowest BCUT2D eigenvalue weighted by atomic mass is 10.1. The second-order valence-electron chi connectivity index (χ2n) is 7.96. The highest BCUT2D eigenvalue weighted by Gasteiger charge is 2.24. The Balaban J connectivity index is 1.51. The van der Waals surface area contributed by atoms with E-state index < -0.39 is 11.9 Å². The molecule has 7 nitrogen and oxygen atoms in total. The van der Waals surface area contributed by atoms with Gasteiger partial charge in [0.15, 0.2) is 17.2 Å². The molecule has 3 aromatic carbocycles. The Morgan fingerprint density at radius 3 is 2.44 bits per heavy atom. The van der Waals surface area contributed by atoms with Crippen molar-refractivity contribution in [2.24, 2.45) is 4.99 Å². The largest absolute Gasteiger partial charge is 0.494 e. The average Bonchev–Trinajstić information content (AvgIpc) is 3.26. The molecule has 7 heteroatoms. The van der Waals surface area contributed by atoms with Crippen LogP contribution in [0.4, 0.5) is 0 Å². The van der Waals surface area contributed by atoms with Crippen LogP contribution in [0.25, 0.3) is 6.08 Å². The molecule has 0 N–H and O–H groups in total.